The summed E-state index contributed by atoms with van der Waals surface area (Å²) in [6.07, 6.45) is 0.410. The fraction of sp³-hybridized carbons (Fsp3) is 0.385. The van der Waals surface area contributed by atoms with E-state index in [2.05, 4.69) is 35.1 Å². The molecule has 6 nitrogen and oxygen atoms in total. The van der Waals surface area contributed by atoms with Crippen LogP contribution in [0.5, 0.6) is 5.75 Å². The molecule has 1 fully saturated rings. The van der Waals surface area contributed by atoms with Gasteiger partial charge in [0.05, 0.1) is 24.5 Å². The van der Waals surface area contributed by atoms with Gasteiger partial charge in [0.15, 0.2) is 0 Å². The van der Waals surface area contributed by atoms with Gasteiger partial charge in [-0.2, -0.15) is 0 Å². The first-order valence-corrected chi connectivity index (χ1v) is 12.2. The minimum Gasteiger partial charge on any atom is -0.494 e. The van der Waals surface area contributed by atoms with Crippen molar-refractivity contribution in [2.75, 3.05) is 25.0 Å². The Bertz CT molecular complexity index is 1090. The van der Waals surface area contributed by atoms with Crippen molar-refractivity contribution in [2.45, 2.75) is 46.4 Å². The van der Waals surface area contributed by atoms with Gasteiger partial charge >= 0.3 is 0 Å². The molecule has 1 aliphatic rings. The summed E-state index contributed by atoms with van der Waals surface area (Å²) >= 11 is 1.41. The largest absolute Gasteiger partial charge is 0.494 e. The Labute approximate surface area is 199 Å². The summed E-state index contributed by atoms with van der Waals surface area (Å²) in [4.78, 5) is 20.8. The number of benzene rings is 2. The number of thiazole rings is 1. The SMILES string of the molecule is CCOc1ccc(-c2nc(C)c(C(=O)Nc3ccccc3CN3CC(C)OC(C)C3)s2)cc1. The quantitative estimate of drug-likeness (QED) is 0.508. The zero-order valence-electron chi connectivity index (χ0n) is 19.6. The van der Waals surface area contributed by atoms with E-state index < -0.39 is 0 Å². The standard InChI is InChI=1S/C26H31N3O3S/c1-5-31-22-12-10-20(11-13-22)26-27-19(4)24(33-26)25(30)28-23-9-7-6-8-21(23)16-29-14-17(2)32-18(3)15-29/h6-13,17-18H,5,14-16H2,1-4H3,(H,28,30). The number of ether oxygens (including phenoxy) is 2. The molecular weight excluding hydrogens is 434 g/mol. The van der Waals surface area contributed by atoms with E-state index in [0.717, 1.165) is 52.9 Å². The number of aryl methyl sites for hydroxylation is 1. The van der Waals surface area contributed by atoms with Gasteiger partial charge < -0.3 is 14.8 Å². The molecule has 0 saturated carbocycles. The summed E-state index contributed by atoms with van der Waals surface area (Å²) in [7, 11) is 0. The monoisotopic (exact) mass is 465 g/mol. The van der Waals surface area contributed by atoms with E-state index in [-0.39, 0.29) is 18.1 Å². The van der Waals surface area contributed by atoms with Crippen molar-refractivity contribution in [3.05, 3.63) is 64.7 Å². The maximum Gasteiger partial charge on any atom is 0.267 e. The molecule has 2 heterocycles. The lowest BCUT2D eigenvalue weighted by Crippen LogP contribution is -2.44. The Hall–Kier alpha value is -2.74. The van der Waals surface area contributed by atoms with E-state index in [1.165, 1.54) is 11.3 Å². The summed E-state index contributed by atoms with van der Waals surface area (Å²) < 4.78 is 11.4. The lowest BCUT2D eigenvalue weighted by Gasteiger charge is -2.35. The van der Waals surface area contributed by atoms with Gasteiger partial charge in [0.1, 0.15) is 15.6 Å². The van der Waals surface area contributed by atoms with Crippen LogP contribution in [0.4, 0.5) is 5.69 Å². The Morgan fingerprint density at radius 3 is 2.55 bits per heavy atom. The highest BCUT2D eigenvalue weighted by atomic mass is 32.1. The van der Waals surface area contributed by atoms with Crippen LogP contribution in [0.2, 0.25) is 0 Å². The first-order valence-electron chi connectivity index (χ1n) is 11.4. The number of hydrogen-bond acceptors (Lipinski definition) is 6. The van der Waals surface area contributed by atoms with E-state index in [4.69, 9.17) is 9.47 Å². The molecule has 1 aliphatic heterocycles. The third kappa shape index (κ3) is 5.79. The van der Waals surface area contributed by atoms with Crippen molar-refractivity contribution < 1.29 is 14.3 Å². The van der Waals surface area contributed by atoms with Crippen LogP contribution in [0.1, 0.15) is 41.7 Å². The normalized spacial score (nSPS) is 18.8. The lowest BCUT2D eigenvalue weighted by molar-refractivity contribution is -0.0704. The van der Waals surface area contributed by atoms with Gasteiger partial charge in [0, 0.05) is 30.9 Å². The smallest absolute Gasteiger partial charge is 0.267 e. The number of rotatable bonds is 7. The molecule has 174 valence electrons. The summed E-state index contributed by atoms with van der Waals surface area (Å²) in [6.45, 7) is 11.2. The number of morpholine rings is 1. The predicted molar refractivity (Wildman–Crippen MR) is 133 cm³/mol. The van der Waals surface area contributed by atoms with Crippen molar-refractivity contribution in [2.24, 2.45) is 0 Å². The van der Waals surface area contributed by atoms with Crippen LogP contribution < -0.4 is 10.1 Å². The molecule has 1 saturated heterocycles. The zero-order chi connectivity index (χ0) is 23.4. The second-order valence-electron chi connectivity index (χ2n) is 8.45. The number of hydrogen-bond donors (Lipinski definition) is 1. The number of nitrogens with one attached hydrogen (secondary N) is 1. The highest BCUT2D eigenvalue weighted by Crippen LogP contribution is 2.30. The number of aromatic nitrogens is 1. The van der Waals surface area contributed by atoms with Gasteiger partial charge in [-0.25, -0.2) is 4.98 Å². The average Bonchev–Trinajstić information content (AvgIpc) is 3.17. The third-order valence-electron chi connectivity index (χ3n) is 5.57. The summed E-state index contributed by atoms with van der Waals surface area (Å²) in [5.74, 6) is 0.700. The first kappa shape index (κ1) is 23.4. The minimum atomic E-state index is -0.127. The van der Waals surface area contributed by atoms with Crippen molar-refractivity contribution in [1.82, 2.24) is 9.88 Å². The van der Waals surface area contributed by atoms with Crippen LogP contribution in [-0.2, 0) is 11.3 Å². The number of amides is 1. The van der Waals surface area contributed by atoms with E-state index in [1.54, 1.807) is 0 Å². The van der Waals surface area contributed by atoms with E-state index in [1.807, 2.05) is 56.3 Å². The highest BCUT2D eigenvalue weighted by Gasteiger charge is 2.23. The van der Waals surface area contributed by atoms with Gasteiger partial charge in [-0.05, 0) is 63.6 Å². The summed E-state index contributed by atoms with van der Waals surface area (Å²) in [5.41, 5.74) is 3.64. The average molecular weight is 466 g/mol. The molecule has 3 aromatic rings. The Morgan fingerprint density at radius 1 is 1.15 bits per heavy atom. The van der Waals surface area contributed by atoms with Gasteiger partial charge in [0.25, 0.3) is 5.91 Å². The molecule has 33 heavy (non-hydrogen) atoms. The van der Waals surface area contributed by atoms with Gasteiger partial charge in [-0.3, -0.25) is 9.69 Å². The highest BCUT2D eigenvalue weighted by molar-refractivity contribution is 7.17. The third-order valence-corrected chi connectivity index (χ3v) is 6.78. The van der Waals surface area contributed by atoms with Crippen molar-refractivity contribution in [3.8, 4) is 16.3 Å². The predicted octanol–water partition coefficient (Wildman–Crippen LogP) is 5.38. The maximum absolute atomic E-state index is 13.2. The van der Waals surface area contributed by atoms with Gasteiger partial charge in [0.2, 0.25) is 0 Å². The Morgan fingerprint density at radius 2 is 1.85 bits per heavy atom. The zero-order valence-corrected chi connectivity index (χ0v) is 20.4. The second kappa shape index (κ2) is 10.5. The number of nitrogens with zero attached hydrogens (tertiary/aromatic N) is 2. The second-order valence-corrected chi connectivity index (χ2v) is 9.45. The van der Waals surface area contributed by atoms with E-state index in [9.17, 15) is 4.79 Å². The van der Waals surface area contributed by atoms with Crippen molar-refractivity contribution in [1.29, 1.82) is 0 Å². The number of anilines is 1. The van der Waals surface area contributed by atoms with Crippen molar-refractivity contribution >= 4 is 22.9 Å². The Kier molecular flexibility index (Phi) is 7.42. The molecule has 1 aromatic heterocycles. The molecule has 0 radical (unpaired) electrons. The molecule has 2 unspecified atom stereocenters. The van der Waals surface area contributed by atoms with Crippen LogP contribution in [0, 0.1) is 6.92 Å². The lowest BCUT2D eigenvalue weighted by atomic mass is 10.1. The maximum atomic E-state index is 13.2. The molecule has 1 amide bonds. The van der Waals surface area contributed by atoms with Gasteiger partial charge in [-0.1, -0.05) is 18.2 Å². The van der Waals surface area contributed by atoms with E-state index in [0.29, 0.717) is 11.5 Å². The van der Waals surface area contributed by atoms with Crippen LogP contribution in [0.15, 0.2) is 48.5 Å². The fourth-order valence-electron chi connectivity index (χ4n) is 4.20. The Balaban J connectivity index is 1.49. The molecule has 0 aliphatic carbocycles. The molecule has 4 rings (SSSR count). The van der Waals surface area contributed by atoms with E-state index >= 15 is 0 Å². The fourth-order valence-corrected chi connectivity index (χ4v) is 5.17. The molecule has 2 aromatic carbocycles. The van der Waals surface area contributed by atoms with Crippen LogP contribution in [-0.4, -0.2) is 47.7 Å². The molecule has 7 heteroatoms. The number of carbonyl (C=O) groups excluding carboxylic acids is 1. The molecule has 0 spiro atoms. The minimum absolute atomic E-state index is 0.127. The molecule has 0 bridgehead atoms. The number of carbonyl (C=O) groups is 1. The molecule has 2 atom stereocenters. The summed E-state index contributed by atoms with van der Waals surface area (Å²) in [6, 6.07) is 15.8. The first-order chi connectivity index (χ1) is 15.9. The van der Waals surface area contributed by atoms with Crippen LogP contribution in [0.3, 0.4) is 0 Å². The van der Waals surface area contributed by atoms with Crippen molar-refractivity contribution in [3.63, 3.8) is 0 Å². The summed E-state index contributed by atoms with van der Waals surface area (Å²) in [5, 5.41) is 3.95. The molecule has 1 N–H and O–H groups in total. The molecular formula is C26H31N3O3S. The van der Waals surface area contributed by atoms with Gasteiger partial charge in [-0.15, -0.1) is 11.3 Å². The topological polar surface area (TPSA) is 63.7 Å². The van der Waals surface area contributed by atoms with Crippen LogP contribution >= 0.6 is 11.3 Å². The van der Waals surface area contributed by atoms with Crippen LogP contribution in [0.25, 0.3) is 10.6 Å². The number of para-hydroxylation sites is 1.